The topological polar surface area (TPSA) is 29.1 Å². The third kappa shape index (κ3) is 3.34. The molecule has 1 N–H and O–H groups in total. The largest absolute Gasteiger partial charge is 0.317 e. The molecule has 1 aliphatic carbocycles. The van der Waals surface area contributed by atoms with Crippen molar-refractivity contribution in [2.45, 2.75) is 71.1 Å². The van der Waals surface area contributed by atoms with Gasteiger partial charge in [-0.1, -0.05) is 39.0 Å². The van der Waals surface area contributed by atoms with Crippen LogP contribution in [-0.4, -0.2) is 18.9 Å². The molecule has 1 heterocycles. The van der Waals surface area contributed by atoms with Crippen LogP contribution >= 0.6 is 0 Å². The van der Waals surface area contributed by atoms with Crippen LogP contribution in [0.1, 0.15) is 71.1 Å². The van der Waals surface area contributed by atoms with Gasteiger partial charge in [0.15, 0.2) is 0 Å². The van der Waals surface area contributed by atoms with Crippen molar-refractivity contribution in [1.29, 1.82) is 0 Å². The van der Waals surface area contributed by atoms with E-state index in [1.807, 2.05) is 0 Å². The number of hydrogen-bond donors (Lipinski definition) is 1. The van der Waals surface area contributed by atoms with Crippen LogP contribution in [-0.2, 0) is 4.79 Å². The SMILES string of the molecule is CCC1(C(=O)CCC2CCCCC2)CCNCC1. The molecule has 1 aliphatic heterocycles. The van der Waals surface area contributed by atoms with Gasteiger partial charge in [-0.3, -0.25) is 4.79 Å². The van der Waals surface area contributed by atoms with Crippen LogP contribution in [0.5, 0.6) is 0 Å². The highest BCUT2D eigenvalue weighted by Gasteiger charge is 2.37. The maximum atomic E-state index is 12.6. The van der Waals surface area contributed by atoms with Crippen molar-refractivity contribution in [3.05, 3.63) is 0 Å². The molecule has 2 aliphatic rings. The maximum Gasteiger partial charge on any atom is 0.139 e. The van der Waals surface area contributed by atoms with Crippen molar-refractivity contribution in [1.82, 2.24) is 5.32 Å². The van der Waals surface area contributed by atoms with Crippen LogP contribution in [0.15, 0.2) is 0 Å². The number of Topliss-reactive ketones (excluding diaryl/α,β-unsaturated/α-hetero) is 1. The molecule has 2 heteroatoms. The normalized spacial score (nSPS) is 24.9. The van der Waals surface area contributed by atoms with Crippen molar-refractivity contribution in [3.63, 3.8) is 0 Å². The van der Waals surface area contributed by atoms with Gasteiger partial charge in [0.2, 0.25) is 0 Å². The Morgan fingerprint density at radius 3 is 2.44 bits per heavy atom. The molecule has 2 nitrogen and oxygen atoms in total. The first-order valence-electron chi connectivity index (χ1n) is 8.01. The van der Waals surface area contributed by atoms with E-state index in [-0.39, 0.29) is 5.41 Å². The summed E-state index contributed by atoms with van der Waals surface area (Å²) < 4.78 is 0. The highest BCUT2D eigenvalue weighted by molar-refractivity contribution is 5.84. The zero-order valence-corrected chi connectivity index (χ0v) is 12.0. The van der Waals surface area contributed by atoms with Crippen molar-refractivity contribution in [3.8, 4) is 0 Å². The third-order valence-corrected chi connectivity index (χ3v) is 5.33. The lowest BCUT2D eigenvalue weighted by molar-refractivity contribution is -0.130. The zero-order valence-electron chi connectivity index (χ0n) is 12.0. The van der Waals surface area contributed by atoms with Gasteiger partial charge >= 0.3 is 0 Å². The summed E-state index contributed by atoms with van der Waals surface area (Å²) in [4.78, 5) is 12.6. The van der Waals surface area contributed by atoms with Crippen LogP contribution in [0.25, 0.3) is 0 Å². The molecule has 2 rings (SSSR count). The van der Waals surface area contributed by atoms with Gasteiger partial charge in [0.05, 0.1) is 0 Å². The monoisotopic (exact) mass is 251 g/mol. The summed E-state index contributed by atoms with van der Waals surface area (Å²) in [6.45, 7) is 4.26. The number of ketones is 1. The van der Waals surface area contributed by atoms with Gasteiger partial charge in [-0.15, -0.1) is 0 Å². The van der Waals surface area contributed by atoms with Gasteiger partial charge in [-0.2, -0.15) is 0 Å². The lowest BCUT2D eigenvalue weighted by atomic mass is 9.71. The molecule has 0 radical (unpaired) electrons. The quantitative estimate of drug-likeness (QED) is 0.807. The van der Waals surface area contributed by atoms with Gasteiger partial charge in [0.25, 0.3) is 0 Å². The maximum absolute atomic E-state index is 12.6. The minimum absolute atomic E-state index is 0.0277. The average molecular weight is 251 g/mol. The molecule has 1 saturated carbocycles. The number of rotatable bonds is 5. The Bertz CT molecular complexity index is 262. The van der Waals surface area contributed by atoms with Gasteiger partial charge in [0, 0.05) is 11.8 Å². The van der Waals surface area contributed by atoms with Gasteiger partial charge in [-0.25, -0.2) is 0 Å². The number of carbonyl (C=O) groups excluding carboxylic acids is 1. The molecular formula is C16H29NO. The van der Waals surface area contributed by atoms with E-state index in [2.05, 4.69) is 12.2 Å². The molecular weight excluding hydrogens is 222 g/mol. The molecule has 18 heavy (non-hydrogen) atoms. The molecule has 0 unspecified atom stereocenters. The Kier molecular flexibility index (Phi) is 5.23. The summed E-state index contributed by atoms with van der Waals surface area (Å²) in [7, 11) is 0. The van der Waals surface area contributed by atoms with Crippen molar-refractivity contribution in [2.75, 3.05) is 13.1 Å². The molecule has 0 spiro atoms. The fourth-order valence-electron chi connectivity index (χ4n) is 3.81. The third-order valence-electron chi connectivity index (χ3n) is 5.33. The second kappa shape index (κ2) is 6.70. The van der Waals surface area contributed by atoms with Crippen LogP contribution in [0.2, 0.25) is 0 Å². The molecule has 1 saturated heterocycles. The van der Waals surface area contributed by atoms with Gasteiger partial charge < -0.3 is 5.32 Å². The van der Waals surface area contributed by atoms with E-state index >= 15 is 0 Å². The summed E-state index contributed by atoms with van der Waals surface area (Å²) >= 11 is 0. The van der Waals surface area contributed by atoms with E-state index in [0.717, 1.165) is 51.1 Å². The zero-order chi connectivity index (χ0) is 12.8. The van der Waals surface area contributed by atoms with E-state index in [0.29, 0.717) is 5.78 Å². The Balaban J connectivity index is 1.81. The van der Waals surface area contributed by atoms with Crippen LogP contribution in [0.3, 0.4) is 0 Å². The fourth-order valence-corrected chi connectivity index (χ4v) is 3.81. The highest BCUT2D eigenvalue weighted by Crippen LogP contribution is 2.36. The smallest absolute Gasteiger partial charge is 0.139 e. The Morgan fingerprint density at radius 2 is 1.83 bits per heavy atom. The molecule has 0 bridgehead atoms. The predicted molar refractivity (Wildman–Crippen MR) is 75.6 cm³/mol. The van der Waals surface area contributed by atoms with Crippen molar-refractivity contribution in [2.24, 2.45) is 11.3 Å². The van der Waals surface area contributed by atoms with E-state index in [1.54, 1.807) is 0 Å². The molecule has 0 amide bonds. The molecule has 0 aromatic heterocycles. The Hall–Kier alpha value is -0.370. The van der Waals surface area contributed by atoms with E-state index in [1.165, 1.54) is 32.1 Å². The highest BCUT2D eigenvalue weighted by atomic mass is 16.1. The minimum Gasteiger partial charge on any atom is -0.317 e. The van der Waals surface area contributed by atoms with Crippen LogP contribution in [0.4, 0.5) is 0 Å². The lowest BCUT2D eigenvalue weighted by Gasteiger charge is -2.36. The van der Waals surface area contributed by atoms with Crippen LogP contribution < -0.4 is 5.32 Å². The van der Waals surface area contributed by atoms with Crippen molar-refractivity contribution < 1.29 is 4.79 Å². The molecule has 2 fully saturated rings. The van der Waals surface area contributed by atoms with E-state index in [9.17, 15) is 4.79 Å². The Labute approximate surface area is 112 Å². The average Bonchev–Trinajstić information content (AvgIpc) is 2.46. The van der Waals surface area contributed by atoms with Gasteiger partial charge in [-0.05, 0) is 44.7 Å². The minimum atomic E-state index is 0.0277. The summed E-state index contributed by atoms with van der Waals surface area (Å²) in [6, 6.07) is 0. The van der Waals surface area contributed by atoms with E-state index in [4.69, 9.17) is 0 Å². The molecule has 0 aromatic carbocycles. The first-order valence-corrected chi connectivity index (χ1v) is 8.01. The summed E-state index contributed by atoms with van der Waals surface area (Å²) in [6.07, 6.45) is 12.1. The summed E-state index contributed by atoms with van der Waals surface area (Å²) in [5, 5.41) is 3.38. The number of piperidine rings is 1. The predicted octanol–water partition coefficient (Wildman–Crippen LogP) is 3.70. The van der Waals surface area contributed by atoms with E-state index < -0.39 is 0 Å². The first kappa shape index (κ1) is 14.0. The molecule has 0 atom stereocenters. The second-order valence-corrected chi connectivity index (χ2v) is 6.35. The molecule has 0 aromatic rings. The number of nitrogens with one attached hydrogen (secondary N) is 1. The Morgan fingerprint density at radius 1 is 1.17 bits per heavy atom. The fraction of sp³-hybridized carbons (Fsp3) is 0.938. The first-order chi connectivity index (χ1) is 8.77. The lowest BCUT2D eigenvalue weighted by Crippen LogP contribution is -2.41. The summed E-state index contributed by atoms with van der Waals surface area (Å²) in [5.41, 5.74) is 0.0277. The van der Waals surface area contributed by atoms with Gasteiger partial charge in [0.1, 0.15) is 5.78 Å². The number of carbonyl (C=O) groups is 1. The number of hydrogen-bond acceptors (Lipinski definition) is 2. The molecule has 104 valence electrons. The summed E-state index contributed by atoms with van der Waals surface area (Å²) in [5.74, 6) is 1.41. The second-order valence-electron chi connectivity index (χ2n) is 6.35. The van der Waals surface area contributed by atoms with Crippen LogP contribution in [0, 0.1) is 11.3 Å². The van der Waals surface area contributed by atoms with Crippen molar-refractivity contribution >= 4 is 5.78 Å². The standard InChI is InChI=1S/C16H29NO/c1-2-16(10-12-17-13-11-16)15(18)9-8-14-6-4-3-5-7-14/h14,17H,2-13H2,1H3.